The monoisotopic (exact) mass is 1110 g/mol. The van der Waals surface area contributed by atoms with Crippen molar-refractivity contribution in [1.82, 2.24) is 0 Å². The van der Waals surface area contributed by atoms with Gasteiger partial charge in [-0.1, -0.05) is 311 Å². The third kappa shape index (κ3) is 65.1. The van der Waals surface area contributed by atoms with Crippen LogP contribution in [-0.4, -0.2) is 37.2 Å². The van der Waals surface area contributed by atoms with E-state index in [1.807, 2.05) is 0 Å². The minimum absolute atomic E-state index is 0.0770. The van der Waals surface area contributed by atoms with Gasteiger partial charge in [0.1, 0.15) is 13.2 Å². The molecule has 0 N–H and O–H groups in total. The van der Waals surface area contributed by atoms with Gasteiger partial charge in [0.2, 0.25) is 0 Å². The summed E-state index contributed by atoms with van der Waals surface area (Å²) in [6.45, 7) is 6.48. The lowest BCUT2D eigenvalue weighted by molar-refractivity contribution is -0.167. The maximum atomic E-state index is 12.9. The van der Waals surface area contributed by atoms with E-state index < -0.39 is 6.10 Å². The summed E-state index contributed by atoms with van der Waals surface area (Å²) in [5, 5.41) is 0. The number of hydrogen-bond donors (Lipinski definition) is 0. The van der Waals surface area contributed by atoms with Gasteiger partial charge in [-0.15, -0.1) is 0 Å². The summed E-state index contributed by atoms with van der Waals surface area (Å²) in [7, 11) is 0. The number of allylic oxidation sites excluding steroid dienone is 16. The van der Waals surface area contributed by atoms with Gasteiger partial charge in [0.25, 0.3) is 0 Å². The Kier molecular flexibility index (Phi) is 64.7. The van der Waals surface area contributed by atoms with Crippen LogP contribution < -0.4 is 0 Å². The van der Waals surface area contributed by atoms with E-state index in [0.717, 1.165) is 109 Å². The molecule has 0 aromatic rings. The predicted octanol–water partition coefficient (Wildman–Crippen LogP) is 23.6. The number of carbonyl (C=O) groups excluding carboxylic acids is 3. The molecule has 0 spiro atoms. The highest BCUT2D eigenvalue weighted by Crippen LogP contribution is 2.17. The SMILES string of the molecule is CC/C=C\C/C=C\C/C=C\C/C=C\C/C=C\CCCCCCCCCCCCCCCCCCCC(=O)OCC(COC(=O)CCCCCCCC)OC(=O)CCCCCCCCCC/C=C\C/C=C\C/C=C\CCCCCCC. The van der Waals surface area contributed by atoms with Crippen LogP contribution >= 0.6 is 0 Å². The largest absolute Gasteiger partial charge is 0.462 e. The average molecular weight is 1110 g/mol. The zero-order valence-corrected chi connectivity index (χ0v) is 52.8. The van der Waals surface area contributed by atoms with Crippen molar-refractivity contribution in [2.75, 3.05) is 13.2 Å². The number of ether oxygens (including phenoxy) is 3. The summed E-state index contributed by atoms with van der Waals surface area (Å²) in [5.74, 6) is -0.881. The summed E-state index contributed by atoms with van der Waals surface area (Å²) in [6, 6.07) is 0. The molecule has 6 heteroatoms. The molecule has 0 heterocycles. The van der Waals surface area contributed by atoms with E-state index in [-0.39, 0.29) is 31.1 Å². The van der Waals surface area contributed by atoms with Crippen LogP contribution in [0.25, 0.3) is 0 Å². The lowest BCUT2D eigenvalue weighted by Gasteiger charge is -2.18. The van der Waals surface area contributed by atoms with Crippen LogP contribution in [0, 0.1) is 0 Å². The van der Waals surface area contributed by atoms with Crippen molar-refractivity contribution < 1.29 is 28.6 Å². The highest BCUT2D eigenvalue weighted by molar-refractivity contribution is 5.71. The first-order valence-electron chi connectivity index (χ1n) is 34.2. The molecule has 1 unspecified atom stereocenters. The molecule has 0 bridgehead atoms. The smallest absolute Gasteiger partial charge is 0.306 e. The van der Waals surface area contributed by atoms with Crippen LogP contribution in [0.5, 0.6) is 0 Å². The van der Waals surface area contributed by atoms with Crippen molar-refractivity contribution in [2.24, 2.45) is 0 Å². The quantitative estimate of drug-likeness (QED) is 0.0261. The number of unbranched alkanes of at least 4 members (excludes halogenated alkanes) is 35. The molecule has 0 rings (SSSR count). The molecule has 0 saturated heterocycles. The fourth-order valence-corrected chi connectivity index (χ4v) is 9.71. The Morgan fingerprint density at radius 3 is 0.762 bits per heavy atom. The topological polar surface area (TPSA) is 78.9 Å². The highest BCUT2D eigenvalue weighted by Gasteiger charge is 2.19. The lowest BCUT2D eigenvalue weighted by atomic mass is 10.0. The van der Waals surface area contributed by atoms with Crippen LogP contribution in [-0.2, 0) is 28.6 Å². The molecule has 0 saturated carbocycles. The first kappa shape index (κ1) is 76.3. The van der Waals surface area contributed by atoms with Gasteiger partial charge in [0, 0.05) is 19.3 Å². The van der Waals surface area contributed by atoms with Crippen molar-refractivity contribution in [3.8, 4) is 0 Å². The van der Waals surface area contributed by atoms with Crippen LogP contribution in [0.2, 0.25) is 0 Å². The summed E-state index contributed by atoms with van der Waals surface area (Å²) in [4.78, 5) is 38.1. The van der Waals surface area contributed by atoms with Gasteiger partial charge in [-0.2, -0.15) is 0 Å². The maximum absolute atomic E-state index is 12.9. The zero-order chi connectivity index (χ0) is 57.8. The third-order valence-electron chi connectivity index (χ3n) is 14.8. The molecule has 0 radical (unpaired) electrons. The third-order valence-corrected chi connectivity index (χ3v) is 14.8. The molecule has 0 aliphatic heterocycles. The molecule has 460 valence electrons. The fraction of sp³-hybridized carbons (Fsp3) is 0.743. The molecular formula is C74H128O6. The number of hydrogen-bond acceptors (Lipinski definition) is 6. The van der Waals surface area contributed by atoms with Crippen LogP contribution in [0.3, 0.4) is 0 Å². The zero-order valence-electron chi connectivity index (χ0n) is 52.8. The van der Waals surface area contributed by atoms with Crippen LogP contribution in [0.4, 0.5) is 0 Å². The Hall–Kier alpha value is -3.67. The minimum Gasteiger partial charge on any atom is -0.462 e. The number of carbonyl (C=O) groups is 3. The van der Waals surface area contributed by atoms with Crippen molar-refractivity contribution in [3.63, 3.8) is 0 Å². The average Bonchev–Trinajstić information content (AvgIpc) is 3.46. The van der Waals surface area contributed by atoms with Gasteiger partial charge >= 0.3 is 17.9 Å². The lowest BCUT2D eigenvalue weighted by Crippen LogP contribution is -2.30. The van der Waals surface area contributed by atoms with E-state index in [9.17, 15) is 14.4 Å². The molecule has 0 aromatic heterocycles. The van der Waals surface area contributed by atoms with E-state index in [0.29, 0.717) is 19.3 Å². The van der Waals surface area contributed by atoms with E-state index in [1.54, 1.807) is 0 Å². The van der Waals surface area contributed by atoms with Gasteiger partial charge in [0.15, 0.2) is 6.10 Å². The Morgan fingerprint density at radius 2 is 0.487 bits per heavy atom. The van der Waals surface area contributed by atoms with Gasteiger partial charge < -0.3 is 14.2 Å². The molecule has 0 aliphatic carbocycles. The van der Waals surface area contributed by atoms with Crippen molar-refractivity contribution in [3.05, 3.63) is 97.2 Å². The molecule has 6 nitrogen and oxygen atoms in total. The fourth-order valence-electron chi connectivity index (χ4n) is 9.71. The van der Waals surface area contributed by atoms with Crippen molar-refractivity contribution in [2.45, 2.75) is 341 Å². The first-order valence-corrected chi connectivity index (χ1v) is 34.2. The molecule has 1 atom stereocenters. The standard InChI is InChI=1S/C74H128O6/c1-4-7-10-13-16-18-20-22-24-26-28-30-32-33-34-35-36-37-38-39-40-41-43-44-46-48-50-52-54-56-58-61-64-67-73(76)79-70-71(69-78-72(75)66-63-60-15-12-9-6-3)80-74(77)68-65-62-59-57-55-53-51-49-47-45-42-31-29-27-25-23-21-19-17-14-11-8-5-2/h7,10,16,18,21-24,27-30,33-34,42,45,71H,4-6,8-9,11-15,17,19-20,25-26,31-32,35-41,43-44,46-70H2,1-3H3/b10-7-,18-16-,23-21-,24-22-,29-27-,30-28-,34-33-,45-42-. The van der Waals surface area contributed by atoms with Gasteiger partial charge in [-0.3, -0.25) is 14.4 Å². The van der Waals surface area contributed by atoms with E-state index in [4.69, 9.17) is 14.2 Å². The van der Waals surface area contributed by atoms with Crippen LogP contribution in [0.1, 0.15) is 335 Å². The second-order valence-electron chi connectivity index (χ2n) is 22.7. The molecular weight excluding hydrogens is 985 g/mol. The normalized spacial score (nSPS) is 12.7. The molecule has 0 fully saturated rings. The van der Waals surface area contributed by atoms with Crippen LogP contribution in [0.15, 0.2) is 97.2 Å². The van der Waals surface area contributed by atoms with Crippen molar-refractivity contribution >= 4 is 17.9 Å². The summed E-state index contributed by atoms with van der Waals surface area (Å²) >= 11 is 0. The summed E-state index contributed by atoms with van der Waals surface area (Å²) in [5.41, 5.74) is 0. The molecule has 0 amide bonds. The Bertz CT molecular complexity index is 1560. The summed E-state index contributed by atoms with van der Waals surface area (Å²) < 4.78 is 16.8. The molecule has 80 heavy (non-hydrogen) atoms. The number of esters is 3. The van der Waals surface area contributed by atoms with Gasteiger partial charge in [-0.05, 0) is 103 Å². The minimum atomic E-state index is -0.778. The van der Waals surface area contributed by atoms with Crippen molar-refractivity contribution in [1.29, 1.82) is 0 Å². The molecule has 0 aromatic carbocycles. The first-order chi connectivity index (χ1) is 39.5. The second kappa shape index (κ2) is 67.8. The van der Waals surface area contributed by atoms with Gasteiger partial charge in [0.05, 0.1) is 0 Å². The maximum Gasteiger partial charge on any atom is 0.306 e. The predicted molar refractivity (Wildman–Crippen MR) is 348 cm³/mol. The Labute approximate surface area is 496 Å². The second-order valence-corrected chi connectivity index (χ2v) is 22.7. The van der Waals surface area contributed by atoms with Gasteiger partial charge in [-0.25, -0.2) is 0 Å². The number of rotatable bonds is 62. The Balaban J connectivity index is 4.02. The Morgan fingerprint density at radius 1 is 0.263 bits per heavy atom. The van der Waals surface area contributed by atoms with E-state index in [1.165, 1.54) is 186 Å². The highest BCUT2D eigenvalue weighted by atomic mass is 16.6. The van der Waals surface area contributed by atoms with E-state index in [2.05, 4.69) is 118 Å². The summed E-state index contributed by atoms with van der Waals surface area (Å²) in [6.07, 6.45) is 91.8. The molecule has 0 aliphatic rings. The van der Waals surface area contributed by atoms with E-state index >= 15 is 0 Å².